The number of carbonyl (C=O) groups excluding carboxylic acids is 2. The summed E-state index contributed by atoms with van der Waals surface area (Å²) in [6, 6.07) is 5.43. The highest BCUT2D eigenvalue weighted by Gasteiger charge is 2.15. The molecule has 0 unspecified atom stereocenters. The van der Waals surface area contributed by atoms with E-state index in [1.807, 2.05) is 39.8 Å². The molecular formula is C14H19NO3. The van der Waals surface area contributed by atoms with E-state index in [0.29, 0.717) is 12.1 Å². The van der Waals surface area contributed by atoms with Crippen LogP contribution in [0.15, 0.2) is 18.2 Å². The number of hydrogen-bond acceptors (Lipinski definition) is 3. The lowest BCUT2D eigenvalue weighted by Crippen LogP contribution is -2.32. The molecule has 0 saturated carbocycles. The third-order valence-corrected chi connectivity index (χ3v) is 2.30. The van der Waals surface area contributed by atoms with Gasteiger partial charge in [-0.1, -0.05) is 18.2 Å². The summed E-state index contributed by atoms with van der Waals surface area (Å²) in [6.07, 6.45) is 0.375. The van der Waals surface area contributed by atoms with E-state index >= 15 is 0 Å². The summed E-state index contributed by atoms with van der Waals surface area (Å²) < 4.78 is 5.13. The molecule has 0 aromatic heterocycles. The second kappa shape index (κ2) is 5.67. The molecule has 4 nitrogen and oxygen atoms in total. The quantitative estimate of drug-likeness (QED) is 0.838. The first-order valence-electron chi connectivity index (χ1n) is 5.83. The van der Waals surface area contributed by atoms with Crippen molar-refractivity contribution in [1.82, 2.24) is 5.32 Å². The predicted molar refractivity (Wildman–Crippen MR) is 69.6 cm³/mol. The maximum absolute atomic E-state index is 11.5. The Bertz CT molecular complexity index is 447. The van der Waals surface area contributed by atoms with Gasteiger partial charge in [0.2, 0.25) is 0 Å². The third kappa shape index (κ3) is 4.57. The molecule has 0 spiro atoms. The molecule has 1 rings (SSSR count). The minimum Gasteiger partial charge on any atom is -0.444 e. The molecule has 0 aliphatic rings. The van der Waals surface area contributed by atoms with Crippen molar-refractivity contribution in [2.75, 3.05) is 0 Å². The molecule has 1 amide bonds. The summed E-state index contributed by atoms with van der Waals surface area (Å²) in [5.41, 5.74) is 2.00. The Hall–Kier alpha value is -1.84. The highest BCUT2D eigenvalue weighted by molar-refractivity contribution is 5.77. The van der Waals surface area contributed by atoms with Crippen molar-refractivity contribution in [2.45, 2.75) is 39.8 Å². The third-order valence-electron chi connectivity index (χ3n) is 2.30. The number of benzene rings is 1. The Kier molecular flexibility index (Phi) is 4.48. The molecule has 0 fully saturated rings. The molecule has 18 heavy (non-hydrogen) atoms. The van der Waals surface area contributed by atoms with Gasteiger partial charge in [-0.3, -0.25) is 4.79 Å². The van der Waals surface area contributed by atoms with Crippen LogP contribution in [0.2, 0.25) is 0 Å². The average molecular weight is 249 g/mol. The van der Waals surface area contributed by atoms with Crippen LogP contribution >= 0.6 is 0 Å². The molecule has 98 valence electrons. The van der Waals surface area contributed by atoms with Gasteiger partial charge in [0.1, 0.15) is 11.9 Å². The molecule has 1 aromatic rings. The van der Waals surface area contributed by atoms with Crippen molar-refractivity contribution < 1.29 is 14.3 Å². The lowest BCUT2D eigenvalue weighted by Gasteiger charge is -2.19. The summed E-state index contributed by atoms with van der Waals surface area (Å²) >= 11 is 0. The minimum atomic E-state index is -0.499. The summed E-state index contributed by atoms with van der Waals surface area (Å²) in [4.78, 5) is 22.1. The first-order valence-corrected chi connectivity index (χ1v) is 5.83. The van der Waals surface area contributed by atoms with Gasteiger partial charge in [-0.15, -0.1) is 0 Å². The Balaban J connectivity index is 2.56. The Morgan fingerprint density at radius 1 is 1.39 bits per heavy atom. The number of nitrogens with one attached hydrogen (secondary N) is 1. The second-order valence-electron chi connectivity index (χ2n) is 5.16. The van der Waals surface area contributed by atoms with E-state index in [1.165, 1.54) is 0 Å². The van der Waals surface area contributed by atoms with E-state index in [-0.39, 0.29) is 0 Å². The molecule has 4 heteroatoms. The highest BCUT2D eigenvalue weighted by Crippen LogP contribution is 2.10. The van der Waals surface area contributed by atoms with Crippen molar-refractivity contribution in [3.8, 4) is 0 Å². The molecule has 0 aliphatic carbocycles. The van der Waals surface area contributed by atoms with Crippen molar-refractivity contribution in [2.24, 2.45) is 0 Å². The monoisotopic (exact) mass is 249 g/mol. The van der Waals surface area contributed by atoms with E-state index in [1.54, 1.807) is 6.07 Å². The first kappa shape index (κ1) is 14.2. The van der Waals surface area contributed by atoms with Crippen LogP contribution in [0.25, 0.3) is 0 Å². The molecule has 0 heterocycles. The van der Waals surface area contributed by atoms with Gasteiger partial charge in [-0.05, 0) is 38.8 Å². The van der Waals surface area contributed by atoms with Gasteiger partial charge in [0.25, 0.3) is 0 Å². The van der Waals surface area contributed by atoms with Gasteiger partial charge < -0.3 is 10.1 Å². The smallest absolute Gasteiger partial charge is 0.407 e. The molecule has 0 aliphatic heterocycles. The maximum Gasteiger partial charge on any atom is 0.407 e. The predicted octanol–water partition coefficient (Wildman–Crippen LogP) is 2.83. The van der Waals surface area contributed by atoms with E-state index in [0.717, 1.165) is 17.4 Å². The number of alkyl carbamates (subject to hydrolysis) is 1. The number of ether oxygens (including phenoxy) is 1. The van der Waals surface area contributed by atoms with Crippen LogP contribution in [-0.4, -0.2) is 18.0 Å². The Morgan fingerprint density at radius 2 is 2.06 bits per heavy atom. The number of rotatable bonds is 3. The molecule has 1 N–H and O–H groups in total. The molecule has 0 radical (unpaired) electrons. The van der Waals surface area contributed by atoms with Gasteiger partial charge in [-0.25, -0.2) is 4.79 Å². The van der Waals surface area contributed by atoms with Gasteiger partial charge in [0.05, 0.1) is 0 Å². The lowest BCUT2D eigenvalue weighted by atomic mass is 10.1. The molecule has 0 saturated heterocycles. The average Bonchev–Trinajstić information content (AvgIpc) is 2.24. The van der Waals surface area contributed by atoms with Crippen LogP contribution in [-0.2, 0) is 11.3 Å². The fourth-order valence-corrected chi connectivity index (χ4v) is 1.47. The summed E-state index contributed by atoms with van der Waals surface area (Å²) in [5.74, 6) is 0. The number of aryl methyl sites for hydroxylation is 1. The van der Waals surface area contributed by atoms with E-state index in [4.69, 9.17) is 4.74 Å². The number of carbonyl (C=O) groups is 2. The topological polar surface area (TPSA) is 55.4 Å². The minimum absolute atomic E-state index is 0.384. The van der Waals surface area contributed by atoms with Crippen molar-refractivity contribution in [1.29, 1.82) is 0 Å². The fraction of sp³-hybridized carbons (Fsp3) is 0.429. The maximum atomic E-state index is 11.5. The Labute approximate surface area is 107 Å². The zero-order chi connectivity index (χ0) is 13.8. The van der Waals surface area contributed by atoms with Crippen molar-refractivity contribution in [3.63, 3.8) is 0 Å². The van der Waals surface area contributed by atoms with E-state index in [2.05, 4.69) is 5.32 Å². The van der Waals surface area contributed by atoms with Crippen LogP contribution in [0, 0.1) is 6.92 Å². The summed E-state index contributed by atoms with van der Waals surface area (Å²) in [5, 5.41) is 2.67. The van der Waals surface area contributed by atoms with Crippen molar-refractivity contribution >= 4 is 12.4 Å². The van der Waals surface area contributed by atoms with Crippen LogP contribution < -0.4 is 5.32 Å². The summed E-state index contributed by atoms with van der Waals surface area (Å²) in [6.45, 7) is 7.69. The standard InChI is InChI=1S/C14H19NO3/c1-10-7-11(5-6-12(10)9-16)8-15-13(17)18-14(2,3)4/h5-7,9H,8H2,1-4H3,(H,15,17). The van der Waals surface area contributed by atoms with Crippen LogP contribution in [0.1, 0.15) is 42.3 Å². The van der Waals surface area contributed by atoms with E-state index < -0.39 is 11.7 Å². The van der Waals surface area contributed by atoms with Gasteiger partial charge in [-0.2, -0.15) is 0 Å². The molecule has 0 bridgehead atoms. The van der Waals surface area contributed by atoms with Gasteiger partial charge >= 0.3 is 6.09 Å². The van der Waals surface area contributed by atoms with Crippen LogP contribution in [0.4, 0.5) is 4.79 Å². The molecule has 1 aromatic carbocycles. The zero-order valence-electron chi connectivity index (χ0n) is 11.2. The lowest BCUT2D eigenvalue weighted by molar-refractivity contribution is 0.0523. The SMILES string of the molecule is Cc1cc(CNC(=O)OC(C)(C)C)ccc1C=O. The number of hydrogen-bond donors (Lipinski definition) is 1. The fourth-order valence-electron chi connectivity index (χ4n) is 1.47. The normalized spacial score (nSPS) is 10.9. The molecular weight excluding hydrogens is 230 g/mol. The molecule has 0 atom stereocenters. The van der Waals surface area contributed by atoms with Gasteiger partial charge in [0.15, 0.2) is 0 Å². The van der Waals surface area contributed by atoms with Crippen LogP contribution in [0.5, 0.6) is 0 Å². The van der Waals surface area contributed by atoms with Gasteiger partial charge in [0, 0.05) is 12.1 Å². The summed E-state index contributed by atoms with van der Waals surface area (Å²) in [7, 11) is 0. The zero-order valence-corrected chi connectivity index (χ0v) is 11.2. The van der Waals surface area contributed by atoms with E-state index in [9.17, 15) is 9.59 Å². The Morgan fingerprint density at radius 3 is 2.56 bits per heavy atom. The van der Waals surface area contributed by atoms with Crippen LogP contribution in [0.3, 0.4) is 0 Å². The second-order valence-corrected chi connectivity index (χ2v) is 5.16. The first-order chi connectivity index (χ1) is 8.31. The number of aldehydes is 1. The highest BCUT2D eigenvalue weighted by atomic mass is 16.6. The van der Waals surface area contributed by atoms with Crippen molar-refractivity contribution in [3.05, 3.63) is 34.9 Å². The number of amides is 1. The largest absolute Gasteiger partial charge is 0.444 e.